The number of halogens is 1. The van der Waals surface area contributed by atoms with E-state index in [0.29, 0.717) is 0 Å². The van der Waals surface area contributed by atoms with E-state index >= 15 is 0 Å². The fourth-order valence-corrected chi connectivity index (χ4v) is 1.54. The van der Waals surface area contributed by atoms with E-state index in [-0.39, 0.29) is 0 Å². The summed E-state index contributed by atoms with van der Waals surface area (Å²) in [6.07, 6.45) is 4.26. The van der Waals surface area contributed by atoms with Crippen LogP contribution < -0.4 is 0 Å². The lowest BCUT2D eigenvalue weighted by Gasteiger charge is -2.18. The molecule has 0 spiro atoms. The second kappa shape index (κ2) is 2.87. The number of hydrogen-bond donors (Lipinski definition) is 0. The van der Waals surface area contributed by atoms with Gasteiger partial charge in [-0.1, -0.05) is 6.42 Å². The van der Waals surface area contributed by atoms with Crippen LogP contribution in [0.3, 0.4) is 0 Å². The van der Waals surface area contributed by atoms with Gasteiger partial charge < -0.3 is 0 Å². The molecule has 0 N–H and O–H groups in total. The highest BCUT2D eigenvalue weighted by Crippen LogP contribution is 2.11. The van der Waals surface area contributed by atoms with Gasteiger partial charge in [0.25, 0.3) is 0 Å². The van der Waals surface area contributed by atoms with E-state index in [1.54, 1.807) is 0 Å². The summed E-state index contributed by atoms with van der Waals surface area (Å²) in [4.78, 5) is 0. The van der Waals surface area contributed by atoms with Gasteiger partial charge in [-0.15, -0.1) is 0 Å². The van der Waals surface area contributed by atoms with Gasteiger partial charge in [0.15, 0.2) is 0 Å². The van der Waals surface area contributed by atoms with Crippen LogP contribution in [0.2, 0.25) is 0 Å². The predicted octanol–water partition coefficient (Wildman–Crippen LogP) is 1.82. The van der Waals surface area contributed by atoms with E-state index in [4.69, 9.17) is 0 Å². The van der Waals surface area contributed by atoms with Crippen molar-refractivity contribution >= 4 is 22.9 Å². The number of nitrogens with zero attached hydrogens (tertiary/aromatic N) is 1. The first kappa shape index (κ1) is 5.82. The molecule has 0 saturated carbocycles. The van der Waals surface area contributed by atoms with Gasteiger partial charge in [0.1, 0.15) is 0 Å². The lowest BCUT2D eigenvalue weighted by atomic mass is 10.2. The summed E-state index contributed by atoms with van der Waals surface area (Å²) >= 11 is 2.39. The largest absolute Gasteiger partial charge is 0.248 e. The molecule has 0 bridgehead atoms. The third-order valence-corrected chi connectivity index (χ3v) is 2.27. The molecule has 2 heteroatoms. The van der Waals surface area contributed by atoms with Crippen LogP contribution in [0.4, 0.5) is 0 Å². The maximum absolute atomic E-state index is 2.39. The minimum absolute atomic E-state index is 1.31. The van der Waals surface area contributed by atoms with Crippen molar-refractivity contribution in [2.75, 3.05) is 13.1 Å². The predicted molar refractivity (Wildman–Crippen MR) is 39.4 cm³/mol. The fourth-order valence-electron chi connectivity index (χ4n) is 0.855. The normalized spacial score (nSPS) is 25.3. The Bertz CT molecular complexity index is 50.0. The molecule has 0 aliphatic carbocycles. The Morgan fingerprint density at radius 1 is 1.00 bits per heavy atom. The molecule has 1 aliphatic heterocycles. The first-order chi connectivity index (χ1) is 3.39. The number of rotatable bonds is 0. The monoisotopic (exact) mass is 211 g/mol. The molecule has 7 heavy (non-hydrogen) atoms. The van der Waals surface area contributed by atoms with Crippen molar-refractivity contribution in [3.8, 4) is 0 Å². The summed E-state index contributed by atoms with van der Waals surface area (Å²) in [5, 5.41) is 0. The van der Waals surface area contributed by atoms with Gasteiger partial charge in [0.05, 0.1) is 0 Å². The Balaban J connectivity index is 2.12. The Hall–Kier alpha value is 0.690. The Kier molecular flexibility index (Phi) is 2.38. The minimum atomic E-state index is 1.31. The summed E-state index contributed by atoms with van der Waals surface area (Å²) in [5.41, 5.74) is 0. The average molecular weight is 211 g/mol. The zero-order chi connectivity index (χ0) is 5.11. The van der Waals surface area contributed by atoms with E-state index in [1.807, 2.05) is 0 Å². The van der Waals surface area contributed by atoms with Crippen LogP contribution in [0.15, 0.2) is 0 Å². The second-order valence-corrected chi connectivity index (χ2v) is 3.34. The van der Waals surface area contributed by atoms with Crippen molar-refractivity contribution in [1.29, 1.82) is 0 Å². The van der Waals surface area contributed by atoms with Crippen molar-refractivity contribution in [2.45, 2.75) is 19.3 Å². The van der Waals surface area contributed by atoms with Crippen LogP contribution in [0.25, 0.3) is 0 Å². The highest BCUT2D eigenvalue weighted by Gasteiger charge is 2.03. The second-order valence-electron chi connectivity index (χ2n) is 1.97. The van der Waals surface area contributed by atoms with Gasteiger partial charge in [-0.2, -0.15) is 0 Å². The lowest BCUT2D eigenvalue weighted by molar-refractivity contribution is 0.407. The topological polar surface area (TPSA) is 3.24 Å². The first-order valence-corrected chi connectivity index (χ1v) is 3.77. The molecular weight excluding hydrogens is 201 g/mol. The van der Waals surface area contributed by atoms with E-state index in [1.165, 1.54) is 32.4 Å². The summed E-state index contributed by atoms with van der Waals surface area (Å²) < 4.78 is 2.36. The standard InChI is InChI=1S/C5H10IN/c6-7-4-2-1-3-5-7/h1-5H2. The van der Waals surface area contributed by atoms with Crippen LogP contribution >= 0.6 is 22.9 Å². The van der Waals surface area contributed by atoms with Crippen LogP contribution in [-0.2, 0) is 0 Å². The van der Waals surface area contributed by atoms with Gasteiger partial charge >= 0.3 is 0 Å². The van der Waals surface area contributed by atoms with E-state index in [9.17, 15) is 0 Å². The maximum atomic E-state index is 2.39. The molecule has 1 saturated heterocycles. The molecule has 1 heterocycles. The van der Waals surface area contributed by atoms with Gasteiger partial charge in [-0.05, 0) is 12.8 Å². The zero-order valence-corrected chi connectivity index (χ0v) is 6.52. The van der Waals surface area contributed by atoms with Crippen LogP contribution in [0.1, 0.15) is 19.3 Å². The van der Waals surface area contributed by atoms with Crippen LogP contribution in [-0.4, -0.2) is 16.2 Å². The molecule has 1 fully saturated rings. The SMILES string of the molecule is IN1CCCCC1. The number of piperidine rings is 1. The molecule has 0 amide bonds. The number of hydrogen-bond acceptors (Lipinski definition) is 1. The molecule has 1 nitrogen and oxygen atoms in total. The molecule has 0 atom stereocenters. The van der Waals surface area contributed by atoms with Gasteiger partial charge in [0.2, 0.25) is 0 Å². The zero-order valence-electron chi connectivity index (χ0n) is 4.36. The molecule has 0 aromatic rings. The molecular formula is C5H10IN. The molecule has 0 unspecified atom stereocenters. The van der Waals surface area contributed by atoms with Gasteiger partial charge in [-0.25, -0.2) is 3.11 Å². The smallest absolute Gasteiger partial charge is 0.0201 e. The van der Waals surface area contributed by atoms with Crippen molar-refractivity contribution < 1.29 is 0 Å². The quantitative estimate of drug-likeness (QED) is 0.436. The first-order valence-electron chi connectivity index (χ1n) is 2.80. The van der Waals surface area contributed by atoms with Crippen LogP contribution in [0, 0.1) is 0 Å². The van der Waals surface area contributed by atoms with Gasteiger partial charge in [-0.3, -0.25) is 0 Å². The van der Waals surface area contributed by atoms with E-state index in [2.05, 4.69) is 26.0 Å². The lowest BCUT2D eigenvalue weighted by Crippen LogP contribution is -2.18. The third-order valence-electron chi connectivity index (χ3n) is 1.30. The molecule has 0 aromatic carbocycles. The third kappa shape index (κ3) is 1.95. The Morgan fingerprint density at radius 2 is 1.57 bits per heavy atom. The molecule has 0 radical (unpaired) electrons. The average Bonchev–Trinajstić information content (AvgIpc) is 1.69. The van der Waals surface area contributed by atoms with Crippen LogP contribution in [0.5, 0.6) is 0 Å². The van der Waals surface area contributed by atoms with Crippen molar-refractivity contribution in [2.24, 2.45) is 0 Å². The summed E-state index contributed by atoms with van der Waals surface area (Å²) in [6.45, 7) is 2.61. The highest BCUT2D eigenvalue weighted by molar-refractivity contribution is 14.1. The summed E-state index contributed by atoms with van der Waals surface area (Å²) in [5.74, 6) is 0. The molecule has 1 rings (SSSR count). The van der Waals surface area contributed by atoms with E-state index in [0.717, 1.165) is 0 Å². The Morgan fingerprint density at radius 3 is 1.86 bits per heavy atom. The Labute approximate surface area is 58.6 Å². The maximum Gasteiger partial charge on any atom is 0.0201 e. The highest BCUT2D eigenvalue weighted by atomic mass is 127. The van der Waals surface area contributed by atoms with E-state index < -0.39 is 0 Å². The van der Waals surface area contributed by atoms with Crippen molar-refractivity contribution in [1.82, 2.24) is 3.11 Å². The van der Waals surface area contributed by atoms with Crippen molar-refractivity contribution in [3.63, 3.8) is 0 Å². The van der Waals surface area contributed by atoms with Crippen molar-refractivity contribution in [3.05, 3.63) is 0 Å². The van der Waals surface area contributed by atoms with Gasteiger partial charge in [0, 0.05) is 36.0 Å². The molecule has 1 aliphatic rings. The molecule has 0 aromatic heterocycles. The summed E-state index contributed by atoms with van der Waals surface area (Å²) in [6, 6.07) is 0. The summed E-state index contributed by atoms with van der Waals surface area (Å²) in [7, 11) is 0. The fraction of sp³-hybridized carbons (Fsp3) is 1.00. The molecule has 42 valence electrons. The minimum Gasteiger partial charge on any atom is -0.248 e.